The molecule has 0 radical (unpaired) electrons. The minimum Gasteiger partial charge on any atom is -0.339 e. The number of pyridine rings is 1. The fourth-order valence-electron chi connectivity index (χ4n) is 2.38. The third-order valence-corrected chi connectivity index (χ3v) is 3.53. The highest BCUT2D eigenvalue weighted by Gasteiger charge is 2.22. The van der Waals surface area contributed by atoms with Crippen LogP contribution >= 0.6 is 0 Å². The number of hydrogen-bond donors (Lipinski definition) is 0. The summed E-state index contributed by atoms with van der Waals surface area (Å²) < 4.78 is 0. The number of nitrogens with zero attached hydrogens (tertiary/aromatic N) is 5. The summed E-state index contributed by atoms with van der Waals surface area (Å²) in [7, 11) is 0. The number of aromatic nitrogens is 3. The Kier molecular flexibility index (Phi) is 4.04. The number of amides is 1. The number of carbonyl (C=O) groups excluding carboxylic acids is 1. The van der Waals surface area contributed by atoms with Gasteiger partial charge in [0.05, 0.1) is 6.42 Å². The molecule has 1 saturated heterocycles. The first-order valence-corrected chi connectivity index (χ1v) is 7.02. The van der Waals surface area contributed by atoms with Crippen LogP contribution in [0.4, 0.5) is 5.95 Å². The van der Waals surface area contributed by atoms with Crippen LogP contribution in [-0.4, -0.2) is 51.9 Å². The maximum absolute atomic E-state index is 12.2. The molecule has 0 spiro atoms. The average Bonchev–Trinajstić information content (AvgIpc) is 2.57. The zero-order chi connectivity index (χ0) is 14.5. The molecule has 3 rings (SSSR count). The van der Waals surface area contributed by atoms with Crippen LogP contribution in [0.15, 0.2) is 42.9 Å². The highest BCUT2D eigenvalue weighted by Crippen LogP contribution is 2.10. The Labute approximate surface area is 123 Å². The topological polar surface area (TPSA) is 62.2 Å². The molecule has 0 saturated carbocycles. The average molecular weight is 283 g/mol. The standard InChI is InChI=1S/C15H17N5O/c21-14(12-13-4-1-2-5-16-13)19-8-10-20(11-9-19)15-17-6-3-7-18-15/h1-7H,8-12H2. The van der Waals surface area contributed by atoms with E-state index in [1.807, 2.05) is 23.1 Å². The van der Waals surface area contributed by atoms with Crippen molar-refractivity contribution in [2.24, 2.45) is 0 Å². The van der Waals surface area contributed by atoms with E-state index in [9.17, 15) is 4.79 Å². The van der Waals surface area contributed by atoms with E-state index in [0.29, 0.717) is 19.5 Å². The minimum absolute atomic E-state index is 0.127. The first kappa shape index (κ1) is 13.5. The van der Waals surface area contributed by atoms with Crippen molar-refractivity contribution in [3.05, 3.63) is 48.5 Å². The van der Waals surface area contributed by atoms with Gasteiger partial charge in [-0.15, -0.1) is 0 Å². The maximum atomic E-state index is 12.2. The van der Waals surface area contributed by atoms with Crippen molar-refractivity contribution in [1.29, 1.82) is 0 Å². The largest absolute Gasteiger partial charge is 0.339 e. The lowest BCUT2D eigenvalue weighted by Crippen LogP contribution is -2.49. The molecule has 3 heterocycles. The van der Waals surface area contributed by atoms with Gasteiger partial charge in [-0.3, -0.25) is 9.78 Å². The van der Waals surface area contributed by atoms with Crippen molar-refractivity contribution >= 4 is 11.9 Å². The normalized spacial score (nSPS) is 15.0. The fourth-order valence-corrected chi connectivity index (χ4v) is 2.38. The predicted molar refractivity (Wildman–Crippen MR) is 78.8 cm³/mol. The highest BCUT2D eigenvalue weighted by molar-refractivity contribution is 5.78. The van der Waals surface area contributed by atoms with Crippen molar-refractivity contribution in [3.63, 3.8) is 0 Å². The van der Waals surface area contributed by atoms with Gasteiger partial charge in [0.15, 0.2) is 0 Å². The monoisotopic (exact) mass is 283 g/mol. The van der Waals surface area contributed by atoms with Crippen molar-refractivity contribution < 1.29 is 4.79 Å². The molecule has 1 amide bonds. The van der Waals surface area contributed by atoms with Gasteiger partial charge in [0, 0.05) is 50.5 Å². The Bertz CT molecular complexity index is 582. The van der Waals surface area contributed by atoms with E-state index in [0.717, 1.165) is 24.7 Å². The van der Waals surface area contributed by atoms with Gasteiger partial charge in [-0.1, -0.05) is 6.07 Å². The molecular formula is C15H17N5O. The van der Waals surface area contributed by atoms with Gasteiger partial charge in [-0.2, -0.15) is 0 Å². The smallest absolute Gasteiger partial charge is 0.228 e. The van der Waals surface area contributed by atoms with Crippen molar-refractivity contribution in [1.82, 2.24) is 19.9 Å². The third-order valence-electron chi connectivity index (χ3n) is 3.53. The molecule has 2 aromatic heterocycles. The van der Waals surface area contributed by atoms with Crippen molar-refractivity contribution in [2.75, 3.05) is 31.1 Å². The second kappa shape index (κ2) is 6.30. The van der Waals surface area contributed by atoms with Crippen LogP contribution in [0, 0.1) is 0 Å². The van der Waals surface area contributed by atoms with E-state index in [1.54, 1.807) is 24.7 Å². The van der Waals surface area contributed by atoms with Gasteiger partial charge < -0.3 is 9.80 Å². The van der Waals surface area contributed by atoms with Gasteiger partial charge in [0.1, 0.15) is 0 Å². The van der Waals surface area contributed by atoms with E-state index in [-0.39, 0.29) is 5.91 Å². The summed E-state index contributed by atoms with van der Waals surface area (Å²) in [5, 5.41) is 0. The molecule has 1 aliphatic heterocycles. The molecule has 108 valence electrons. The van der Waals surface area contributed by atoms with Crippen molar-refractivity contribution in [2.45, 2.75) is 6.42 Å². The number of anilines is 1. The molecule has 0 aromatic carbocycles. The summed E-state index contributed by atoms with van der Waals surface area (Å²) in [6.07, 6.45) is 5.55. The fraction of sp³-hybridized carbons (Fsp3) is 0.333. The van der Waals surface area contributed by atoms with Gasteiger partial charge in [-0.25, -0.2) is 9.97 Å². The van der Waals surface area contributed by atoms with Crippen LogP contribution in [0.1, 0.15) is 5.69 Å². The number of hydrogen-bond acceptors (Lipinski definition) is 5. The first-order valence-electron chi connectivity index (χ1n) is 7.02. The second-order valence-electron chi connectivity index (χ2n) is 4.91. The summed E-state index contributed by atoms with van der Waals surface area (Å²) >= 11 is 0. The summed E-state index contributed by atoms with van der Waals surface area (Å²) in [6, 6.07) is 7.44. The lowest BCUT2D eigenvalue weighted by Gasteiger charge is -2.34. The van der Waals surface area contributed by atoms with Crippen LogP contribution < -0.4 is 4.90 Å². The van der Waals surface area contributed by atoms with Crippen LogP contribution in [0.2, 0.25) is 0 Å². The van der Waals surface area contributed by atoms with Gasteiger partial charge in [0.2, 0.25) is 11.9 Å². The maximum Gasteiger partial charge on any atom is 0.228 e. The number of piperazine rings is 1. The van der Waals surface area contributed by atoms with Crippen molar-refractivity contribution in [3.8, 4) is 0 Å². The first-order chi connectivity index (χ1) is 10.3. The molecule has 0 atom stereocenters. The molecular weight excluding hydrogens is 266 g/mol. The molecule has 21 heavy (non-hydrogen) atoms. The van der Waals surface area contributed by atoms with Crippen LogP contribution in [0.5, 0.6) is 0 Å². The summed E-state index contributed by atoms with van der Waals surface area (Å²) in [4.78, 5) is 28.9. The predicted octanol–water partition coefficient (Wildman–Crippen LogP) is 0.763. The quantitative estimate of drug-likeness (QED) is 0.832. The van der Waals surface area contributed by atoms with E-state index < -0.39 is 0 Å². The molecule has 6 nitrogen and oxygen atoms in total. The highest BCUT2D eigenvalue weighted by atomic mass is 16.2. The summed E-state index contributed by atoms with van der Waals surface area (Å²) in [5.41, 5.74) is 0.816. The lowest BCUT2D eigenvalue weighted by atomic mass is 10.2. The number of carbonyl (C=O) groups is 1. The Morgan fingerprint density at radius 1 is 0.952 bits per heavy atom. The summed E-state index contributed by atoms with van der Waals surface area (Å²) in [6.45, 7) is 2.92. The zero-order valence-electron chi connectivity index (χ0n) is 11.7. The lowest BCUT2D eigenvalue weighted by molar-refractivity contribution is -0.130. The number of rotatable bonds is 3. The SMILES string of the molecule is O=C(Cc1ccccn1)N1CCN(c2ncccn2)CC1. The molecule has 0 bridgehead atoms. The molecule has 0 unspecified atom stereocenters. The molecule has 0 aliphatic carbocycles. The van der Waals surface area contributed by atoms with Gasteiger partial charge >= 0.3 is 0 Å². The van der Waals surface area contributed by atoms with Crippen LogP contribution in [-0.2, 0) is 11.2 Å². The zero-order valence-corrected chi connectivity index (χ0v) is 11.7. The molecule has 0 N–H and O–H groups in total. The van der Waals surface area contributed by atoms with E-state index in [1.165, 1.54) is 0 Å². The van der Waals surface area contributed by atoms with E-state index >= 15 is 0 Å². The van der Waals surface area contributed by atoms with E-state index in [4.69, 9.17) is 0 Å². The Morgan fingerprint density at radius 2 is 1.67 bits per heavy atom. The molecule has 1 fully saturated rings. The Hall–Kier alpha value is -2.50. The van der Waals surface area contributed by atoms with E-state index in [2.05, 4.69) is 19.9 Å². The molecule has 6 heteroatoms. The summed E-state index contributed by atoms with van der Waals surface area (Å²) in [5.74, 6) is 0.858. The minimum atomic E-state index is 0.127. The van der Waals surface area contributed by atoms with Gasteiger partial charge in [0.25, 0.3) is 0 Å². The molecule has 1 aliphatic rings. The van der Waals surface area contributed by atoms with Gasteiger partial charge in [-0.05, 0) is 18.2 Å². The molecule has 2 aromatic rings. The van der Waals surface area contributed by atoms with Crippen LogP contribution in [0.3, 0.4) is 0 Å². The Balaban J connectivity index is 1.55. The van der Waals surface area contributed by atoms with Crippen LogP contribution in [0.25, 0.3) is 0 Å². The third kappa shape index (κ3) is 3.34. The Morgan fingerprint density at radius 3 is 2.33 bits per heavy atom. The second-order valence-corrected chi connectivity index (χ2v) is 4.91.